The van der Waals surface area contributed by atoms with Crippen LogP contribution in [0.25, 0.3) is 0 Å². The Kier molecular flexibility index (Phi) is 5.99. The van der Waals surface area contributed by atoms with Gasteiger partial charge >= 0.3 is 0 Å². The third-order valence-electron chi connectivity index (χ3n) is 1.77. The number of aliphatic hydroxyl groups is 1. The summed E-state index contributed by atoms with van der Waals surface area (Å²) in [7, 11) is 0. The number of carbonyl (C=O) groups is 1. The van der Waals surface area contributed by atoms with Crippen LogP contribution in [0, 0.1) is 0 Å². The van der Waals surface area contributed by atoms with Crippen LogP contribution in [0.4, 0.5) is 0 Å². The van der Waals surface area contributed by atoms with Crippen LogP contribution in [0.15, 0.2) is 16.8 Å². The highest BCUT2D eigenvalue weighted by molar-refractivity contribution is 7.08. The van der Waals surface area contributed by atoms with Crippen molar-refractivity contribution < 1.29 is 14.6 Å². The fourth-order valence-electron chi connectivity index (χ4n) is 1.04. The van der Waals surface area contributed by atoms with Gasteiger partial charge in [-0.2, -0.15) is 11.3 Å². The Morgan fingerprint density at radius 3 is 3.07 bits per heavy atom. The minimum atomic E-state index is -0.0431. The smallest absolute Gasteiger partial charge is 0.252 e. The van der Waals surface area contributed by atoms with Crippen molar-refractivity contribution in [3.8, 4) is 0 Å². The molecule has 0 atom stereocenters. The Hall–Kier alpha value is -0.910. The summed E-state index contributed by atoms with van der Waals surface area (Å²) in [6.45, 7) is 1.56. The van der Waals surface area contributed by atoms with Crippen LogP contribution in [0.3, 0.4) is 0 Å². The fourth-order valence-corrected chi connectivity index (χ4v) is 1.67. The molecule has 0 radical (unpaired) electrons. The van der Waals surface area contributed by atoms with Crippen LogP contribution < -0.4 is 5.32 Å². The molecule has 15 heavy (non-hydrogen) atoms. The topological polar surface area (TPSA) is 58.6 Å². The molecule has 2 N–H and O–H groups in total. The zero-order chi connectivity index (χ0) is 10.9. The molecule has 0 aromatic carbocycles. The molecule has 0 saturated heterocycles. The van der Waals surface area contributed by atoms with Gasteiger partial charge in [-0.1, -0.05) is 0 Å². The summed E-state index contributed by atoms with van der Waals surface area (Å²) in [4.78, 5) is 11.4. The molecule has 0 bridgehead atoms. The monoisotopic (exact) mass is 229 g/mol. The highest BCUT2D eigenvalue weighted by Gasteiger charge is 2.03. The predicted molar refractivity (Wildman–Crippen MR) is 59.2 cm³/mol. The van der Waals surface area contributed by atoms with Crippen LogP contribution in [-0.2, 0) is 4.74 Å². The van der Waals surface area contributed by atoms with Gasteiger partial charge in [0.15, 0.2) is 0 Å². The largest absolute Gasteiger partial charge is 0.394 e. The second-order valence-electron chi connectivity index (χ2n) is 2.96. The lowest BCUT2D eigenvalue weighted by Crippen LogP contribution is -2.24. The molecule has 4 nitrogen and oxygen atoms in total. The predicted octanol–water partition coefficient (Wildman–Crippen LogP) is 0.877. The van der Waals surface area contributed by atoms with Crippen molar-refractivity contribution in [2.75, 3.05) is 26.4 Å². The highest BCUT2D eigenvalue weighted by Crippen LogP contribution is 2.04. The lowest BCUT2D eigenvalue weighted by atomic mass is 10.3. The number of ether oxygens (including phenoxy) is 1. The quantitative estimate of drug-likeness (QED) is 0.682. The van der Waals surface area contributed by atoms with Gasteiger partial charge in [0, 0.05) is 24.1 Å². The molecular formula is C10H15NO3S. The van der Waals surface area contributed by atoms with Crippen LogP contribution >= 0.6 is 11.3 Å². The van der Waals surface area contributed by atoms with Crippen molar-refractivity contribution in [3.05, 3.63) is 22.4 Å². The summed E-state index contributed by atoms with van der Waals surface area (Å²) in [5.41, 5.74) is 0.705. The Bertz CT molecular complexity index is 274. The number of thiophene rings is 1. The maximum absolute atomic E-state index is 11.4. The Morgan fingerprint density at radius 2 is 2.40 bits per heavy atom. The molecule has 1 amide bonds. The average molecular weight is 229 g/mol. The minimum absolute atomic E-state index is 0.0429. The Labute approximate surface area is 92.9 Å². The molecule has 0 unspecified atom stereocenters. The third-order valence-corrected chi connectivity index (χ3v) is 2.45. The van der Waals surface area contributed by atoms with Gasteiger partial charge in [0.2, 0.25) is 0 Å². The number of aliphatic hydroxyl groups excluding tert-OH is 1. The summed E-state index contributed by atoms with van der Waals surface area (Å²) in [6.07, 6.45) is 0.760. The molecule has 1 heterocycles. The van der Waals surface area contributed by atoms with Gasteiger partial charge in [0.05, 0.1) is 13.2 Å². The van der Waals surface area contributed by atoms with E-state index in [1.807, 2.05) is 10.8 Å². The van der Waals surface area contributed by atoms with Crippen molar-refractivity contribution in [2.45, 2.75) is 6.42 Å². The molecule has 0 aliphatic carbocycles. The zero-order valence-electron chi connectivity index (χ0n) is 8.44. The van der Waals surface area contributed by atoms with E-state index < -0.39 is 0 Å². The van der Waals surface area contributed by atoms with Crippen molar-refractivity contribution in [1.82, 2.24) is 5.32 Å². The summed E-state index contributed by atoms with van der Waals surface area (Å²) >= 11 is 1.50. The Morgan fingerprint density at radius 1 is 1.53 bits per heavy atom. The van der Waals surface area contributed by atoms with Crippen LogP contribution in [-0.4, -0.2) is 37.4 Å². The van der Waals surface area contributed by atoms with Crippen LogP contribution in [0.5, 0.6) is 0 Å². The number of nitrogens with one attached hydrogen (secondary N) is 1. The normalized spacial score (nSPS) is 10.2. The molecule has 1 rings (SSSR count). The molecule has 0 saturated carbocycles. The van der Waals surface area contributed by atoms with Crippen molar-refractivity contribution in [2.24, 2.45) is 0 Å². The standard InChI is InChI=1S/C10H15NO3S/c12-4-6-14-5-1-3-11-10(13)9-2-7-15-8-9/h2,7-8,12H,1,3-6H2,(H,11,13). The van der Waals surface area contributed by atoms with Gasteiger partial charge in [-0.05, 0) is 17.9 Å². The van der Waals surface area contributed by atoms with Crippen molar-refractivity contribution in [3.63, 3.8) is 0 Å². The summed E-state index contributed by atoms with van der Waals surface area (Å²) in [5.74, 6) is -0.0431. The first kappa shape index (κ1) is 12.2. The van der Waals surface area contributed by atoms with E-state index >= 15 is 0 Å². The highest BCUT2D eigenvalue weighted by atomic mass is 32.1. The van der Waals surface area contributed by atoms with Gasteiger partial charge in [-0.25, -0.2) is 0 Å². The Balaban J connectivity index is 2.03. The summed E-state index contributed by atoms with van der Waals surface area (Å²) < 4.78 is 5.06. The lowest BCUT2D eigenvalue weighted by Gasteiger charge is -2.04. The molecule has 84 valence electrons. The van der Waals surface area contributed by atoms with Crippen LogP contribution in [0.1, 0.15) is 16.8 Å². The van der Waals surface area contributed by atoms with E-state index in [2.05, 4.69) is 5.32 Å². The van der Waals surface area contributed by atoms with E-state index in [-0.39, 0.29) is 12.5 Å². The second-order valence-corrected chi connectivity index (χ2v) is 3.74. The first-order chi connectivity index (χ1) is 7.34. The first-order valence-electron chi connectivity index (χ1n) is 4.83. The van der Waals surface area contributed by atoms with E-state index in [9.17, 15) is 4.79 Å². The fraction of sp³-hybridized carbons (Fsp3) is 0.500. The van der Waals surface area contributed by atoms with E-state index in [1.165, 1.54) is 11.3 Å². The third kappa shape index (κ3) is 4.92. The molecule has 1 aromatic heterocycles. The second kappa shape index (κ2) is 7.39. The number of hydrogen-bond acceptors (Lipinski definition) is 4. The molecule has 0 fully saturated rings. The van der Waals surface area contributed by atoms with Crippen molar-refractivity contribution >= 4 is 17.2 Å². The maximum atomic E-state index is 11.4. The number of rotatable bonds is 7. The maximum Gasteiger partial charge on any atom is 0.252 e. The molecular weight excluding hydrogens is 214 g/mol. The van der Waals surface area contributed by atoms with E-state index in [0.717, 1.165) is 6.42 Å². The number of carbonyl (C=O) groups excluding carboxylic acids is 1. The van der Waals surface area contributed by atoms with Gasteiger partial charge in [-0.15, -0.1) is 0 Å². The van der Waals surface area contributed by atoms with E-state index in [1.54, 1.807) is 6.07 Å². The number of hydrogen-bond donors (Lipinski definition) is 2. The molecule has 0 aliphatic rings. The lowest BCUT2D eigenvalue weighted by molar-refractivity contribution is 0.0868. The van der Waals surface area contributed by atoms with Crippen LogP contribution in [0.2, 0.25) is 0 Å². The van der Waals surface area contributed by atoms with Gasteiger partial charge in [0.1, 0.15) is 0 Å². The first-order valence-corrected chi connectivity index (χ1v) is 5.78. The van der Waals surface area contributed by atoms with E-state index in [0.29, 0.717) is 25.3 Å². The SMILES string of the molecule is O=C(NCCCOCCO)c1ccsc1. The summed E-state index contributed by atoms with van der Waals surface area (Å²) in [6, 6.07) is 1.79. The molecule has 1 aromatic rings. The van der Waals surface area contributed by atoms with Gasteiger partial charge < -0.3 is 15.2 Å². The average Bonchev–Trinajstić information content (AvgIpc) is 2.76. The zero-order valence-corrected chi connectivity index (χ0v) is 9.26. The summed E-state index contributed by atoms with van der Waals surface area (Å²) in [5, 5.41) is 14.9. The van der Waals surface area contributed by atoms with E-state index in [4.69, 9.17) is 9.84 Å². The number of amides is 1. The van der Waals surface area contributed by atoms with Crippen molar-refractivity contribution in [1.29, 1.82) is 0 Å². The van der Waals surface area contributed by atoms with Gasteiger partial charge in [-0.3, -0.25) is 4.79 Å². The minimum Gasteiger partial charge on any atom is -0.394 e. The molecule has 0 spiro atoms. The molecule has 0 aliphatic heterocycles. The van der Waals surface area contributed by atoms with Gasteiger partial charge in [0.25, 0.3) is 5.91 Å². The molecule has 5 heteroatoms.